The van der Waals surface area contributed by atoms with Crippen LogP contribution >= 0.6 is 0 Å². The molecule has 1 heterocycles. The quantitative estimate of drug-likeness (QED) is 0.684. The van der Waals surface area contributed by atoms with Crippen LogP contribution in [0, 0.1) is 5.41 Å². The second kappa shape index (κ2) is 3.31. The Bertz CT molecular complexity index is 386. The largest absolute Gasteiger partial charge is 0.308 e. The Morgan fingerprint density at radius 2 is 1.64 bits per heavy atom. The molecule has 5 heteroatoms. The van der Waals surface area contributed by atoms with Crippen molar-refractivity contribution in [3.05, 3.63) is 22.9 Å². The maximum atomic E-state index is 11.5. The first kappa shape index (κ1) is 11.1. The van der Waals surface area contributed by atoms with E-state index in [4.69, 9.17) is 0 Å². The molecule has 4 nitrogen and oxygen atoms in total. The molecule has 0 spiro atoms. The van der Waals surface area contributed by atoms with Gasteiger partial charge >= 0.3 is 0 Å². The fraction of sp³-hybridized carbons (Fsp3) is 0.556. The number of hydrogen-bond donors (Lipinski definition) is 2. The van der Waals surface area contributed by atoms with Crippen molar-refractivity contribution in [1.29, 1.82) is 0 Å². The van der Waals surface area contributed by atoms with E-state index < -0.39 is 9.84 Å². The highest BCUT2D eigenvalue weighted by Gasteiger charge is 2.27. The van der Waals surface area contributed by atoms with Crippen molar-refractivity contribution in [1.82, 2.24) is 10.9 Å². The maximum Gasteiger partial charge on any atom is 0.177 e. The van der Waals surface area contributed by atoms with Gasteiger partial charge in [-0.1, -0.05) is 20.8 Å². The first-order valence-corrected chi connectivity index (χ1v) is 6.24. The lowest BCUT2D eigenvalue weighted by Gasteiger charge is -2.27. The summed E-state index contributed by atoms with van der Waals surface area (Å²) in [5, 5.41) is 0. The van der Waals surface area contributed by atoms with Gasteiger partial charge in [-0.25, -0.2) is 8.42 Å². The molecule has 0 unspecified atom stereocenters. The van der Waals surface area contributed by atoms with Gasteiger partial charge in [0.1, 0.15) is 0 Å². The molecule has 0 aromatic heterocycles. The first-order valence-electron chi connectivity index (χ1n) is 4.35. The number of allylic oxidation sites excluding steroid dienone is 1. The van der Waals surface area contributed by atoms with E-state index in [-0.39, 0.29) is 5.41 Å². The summed E-state index contributed by atoms with van der Waals surface area (Å²) in [5.74, 6) is 0. The van der Waals surface area contributed by atoms with Gasteiger partial charge in [0.05, 0.1) is 4.91 Å². The van der Waals surface area contributed by atoms with Gasteiger partial charge in [0.25, 0.3) is 0 Å². The minimum atomic E-state index is -3.17. The average molecular weight is 216 g/mol. The zero-order valence-electron chi connectivity index (χ0n) is 8.88. The van der Waals surface area contributed by atoms with E-state index in [0.29, 0.717) is 4.91 Å². The predicted octanol–water partition coefficient (Wildman–Crippen LogP) is 0.910. The van der Waals surface area contributed by atoms with Gasteiger partial charge in [0.2, 0.25) is 0 Å². The van der Waals surface area contributed by atoms with Crippen molar-refractivity contribution in [3.8, 4) is 0 Å². The lowest BCUT2D eigenvalue weighted by molar-refractivity contribution is 0.499. The molecule has 14 heavy (non-hydrogen) atoms. The Hall–Kier alpha value is -0.970. The molecule has 0 aliphatic carbocycles. The number of nitrogens with one attached hydrogen (secondary N) is 2. The van der Waals surface area contributed by atoms with Crippen molar-refractivity contribution in [2.45, 2.75) is 20.8 Å². The number of sulfone groups is 1. The fourth-order valence-corrected chi connectivity index (χ4v) is 2.30. The van der Waals surface area contributed by atoms with Crippen LogP contribution in [0.1, 0.15) is 20.8 Å². The molecule has 0 atom stereocenters. The summed E-state index contributed by atoms with van der Waals surface area (Å²) in [6, 6.07) is 0. The Kier molecular flexibility index (Phi) is 2.63. The summed E-state index contributed by atoms with van der Waals surface area (Å²) >= 11 is 0. The van der Waals surface area contributed by atoms with Gasteiger partial charge < -0.3 is 10.9 Å². The molecule has 0 radical (unpaired) electrons. The topological polar surface area (TPSA) is 58.2 Å². The van der Waals surface area contributed by atoms with E-state index in [1.807, 2.05) is 20.8 Å². The van der Waals surface area contributed by atoms with E-state index in [0.717, 1.165) is 5.57 Å². The Morgan fingerprint density at radius 3 is 2.00 bits per heavy atom. The van der Waals surface area contributed by atoms with E-state index in [1.54, 1.807) is 6.20 Å². The van der Waals surface area contributed by atoms with Crippen LogP contribution in [0.2, 0.25) is 0 Å². The highest BCUT2D eigenvalue weighted by Crippen LogP contribution is 2.33. The van der Waals surface area contributed by atoms with E-state index in [2.05, 4.69) is 10.9 Å². The van der Waals surface area contributed by atoms with Gasteiger partial charge in [-0.3, -0.25) is 0 Å². The molecular formula is C9H16N2O2S. The van der Waals surface area contributed by atoms with Crippen LogP contribution in [-0.2, 0) is 9.84 Å². The van der Waals surface area contributed by atoms with Gasteiger partial charge in [-0.2, -0.15) is 0 Å². The molecule has 0 amide bonds. The van der Waals surface area contributed by atoms with Crippen LogP contribution in [0.4, 0.5) is 0 Å². The molecule has 0 saturated carbocycles. The van der Waals surface area contributed by atoms with Crippen LogP contribution in [0.5, 0.6) is 0 Å². The van der Waals surface area contributed by atoms with Crippen molar-refractivity contribution in [2.24, 2.45) is 5.41 Å². The molecule has 0 aromatic carbocycles. The number of hydrazine groups is 1. The van der Waals surface area contributed by atoms with E-state index in [1.165, 1.54) is 12.5 Å². The molecule has 0 aromatic rings. The second-order valence-electron chi connectivity index (χ2n) is 4.38. The minimum absolute atomic E-state index is 0.190. The summed E-state index contributed by atoms with van der Waals surface area (Å²) in [6.07, 6.45) is 4.39. The van der Waals surface area contributed by atoms with Crippen molar-refractivity contribution in [2.75, 3.05) is 6.26 Å². The lowest BCUT2D eigenvalue weighted by Crippen LogP contribution is -2.31. The fourth-order valence-electron chi connectivity index (χ4n) is 1.26. The summed E-state index contributed by atoms with van der Waals surface area (Å²) in [6.45, 7) is 5.93. The average Bonchev–Trinajstić information content (AvgIpc) is 2.01. The number of hydrogen-bond acceptors (Lipinski definition) is 4. The Labute approximate surface area is 85.0 Å². The van der Waals surface area contributed by atoms with Crippen molar-refractivity contribution >= 4 is 9.84 Å². The third kappa shape index (κ3) is 2.29. The molecular weight excluding hydrogens is 200 g/mol. The standard InChI is InChI=1S/C9H16N2O2S/c1-9(2,3)7-5-10-11-6-8(7)14(4,12)13/h5-6,10-11H,1-4H3. The highest BCUT2D eigenvalue weighted by atomic mass is 32.2. The van der Waals surface area contributed by atoms with Gasteiger partial charge in [0, 0.05) is 18.7 Å². The zero-order chi connectivity index (χ0) is 11.0. The monoisotopic (exact) mass is 216 g/mol. The Balaban J connectivity index is 3.19. The van der Waals surface area contributed by atoms with Crippen LogP contribution < -0.4 is 10.9 Å². The molecule has 1 aliphatic rings. The van der Waals surface area contributed by atoms with Gasteiger partial charge in [0.15, 0.2) is 9.84 Å². The van der Waals surface area contributed by atoms with E-state index >= 15 is 0 Å². The molecule has 0 bridgehead atoms. The summed E-state index contributed by atoms with van der Waals surface area (Å²) < 4.78 is 22.9. The highest BCUT2D eigenvalue weighted by molar-refractivity contribution is 7.94. The molecule has 80 valence electrons. The first-order chi connectivity index (χ1) is 6.23. The van der Waals surface area contributed by atoms with E-state index in [9.17, 15) is 8.42 Å². The maximum absolute atomic E-state index is 11.5. The SMILES string of the molecule is CC(C)(C)C1=CNNC=C1S(C)(=O)=O. The Morgan fingerprint density at radius 1 is 1.14 bits per heavy atom. The zero-order valence-corrected chi connectivity index (χ0v) is 9.70. The van der Waals surface area contributed by atoms with Crippen molar-refractivity contribution < 1.29 is 8.42 Å². The summed E-state index contributed by atoms with van der Waals surface area (Å²) in [5.41, 5.74) is 6.07. The molecule has 1 rings (SSSR count). The molecule has 1 aliphatic heterocycles. The molecule has 0 fully saturated rings. The number of rotatable bonds is 1. The van der Waals surface area contributed by atoms with Crippen LogP contribution in [0.3, 0.4) is 0 Å². The minimum Gasteiger partial charge on any atom is -0.308 e. The molecule has 2 N–H and O–H groups in total. The molecule has 0 saturated heterocycles. The van der Waals surface area contributed by atoms with Gasteiger partial charge in [-0.15, -0.1) is 0 Å². The van der Waals surface area contributed by atoms with Crippen molar-refractivity contribution in [3.63, 3.8) is 0 Å². The summed E-state index contributed by atoms with van der Waals surface area (Å²) in [7, 11) is -3.17. The third-order valence-corrected chi connectivity index (χ3v) is 3.11. The van der Waals surface area contributed by atoms with Crippen LogP contribution in [-0.4, -0.2) is 14.7 Å². The predicted molar refractivity (Wildman–Crippen MR) is 56.7 cm³/mol. The van der Waals surface area contributed by atoms with Crippen LogP contribution in [0.25, 0.3) is 0 Å². The third-order valence-electron chi connectivity index (χ3n) is 1.98. The van der Waals surface area contributed by atoms with Crippen LogP contribution in [0.15, 0.2) is 22.9 Å². The van der Waals surface area contributed by atoms with Gasteiger partial charge in [-0.05, 0) is 11.0 Å². The second-order valence-corrected chi connectivity index (χ2v) is 6.36. The lowest BCUT2D eigenvalue weighted by atomic mass is 9.86. The normalized spacial score (nSPS) is 17.7. The smallest absolute Gasteiger partial charge is 0.177 e. The summed E-state index contributed by atoms with van der Waals surface area (Å²) in [4.78, 5) is 0.351.